The van der Waals surface area contributed by atoms with Crippen LogP contribution in [0, 0.1) is 17.0 Å². The van der Waals surface area contributed by atoms with Crippen LogP contribution >= 0.6 is 25.7 Å². The molecule has 11 nitrogen and oxygen atoms in total. The Morgan fingerprint density at radius 1 is 1.36 bits per heavy atom. The Morgan fingerprint density at radius 2 is 2.08 bits per heavy atom. The van der Waals surface area contributed by atoms with Gasteiger partial charge in [0, 0.05) is 12.5 Å². The second-order valence-electron chi connectivity index (χ2n) is 4.45. The number of carbonyl (C=O) groups is 3. The summed E-state index contributed by atoms with van der Waals surface area (Å²) in [5, 5.41) is 17.8. The van der Waals surface area contributed by atoms with Crippen LogP contribution in [-0.4, -0.2) is 37.3 Å². The van der Waals surface area contributed by atoms with Gasteiger partial charge in [0.2, 0.25) is 5.91 Å². The van der Waals surface area contributed by atoms with Crippen LogP contribution < -0.4 is 0 Å². The van der Waals surface area contributed by atoms with Crippen molar-refractivity contribution in [3.8, 4) is 0 Å². The summed E-state index contributed by atoms with van der Waals surface area (Å²) in [5.74, 6) is -2.15. The van der Waals surface area contributed by atoms with E-state index < -0.39 is 28.4 Å². The van der Waals surface area contributed by atoms with Gasteiger partial charge in [-0.25, -0.2) is 4.63 Å². The van der Waals surface area contributed by atoms with E-state index in [1.807, 2.05) is 0 Å². The number of rotatable bonds is 2. The fourth-order valence-corrected chi connectivity index (χ4v) is 2.19. The highest BCUT2D eigenvalue weighted by atomic mass is 32.2. The van der Waals surface area contributed by atoms with Crippen LogP contribution in [0.15, 0.2) is 23.0 Å². The van der Waals surface area contributed by atoms with Crippen LogP contribution in [0.5, 0.6) is 0 Å². The van der Waals surface area contributed by atoms with Crippen LogP contribution in [0.4, 0.5) is 5.69 Å². The minimum atomic E-state index is -0.870. The molecule has 134 valence electrons. The quantitative estimate of drug-likeness (QED) is 0.239. The summed E-state index contributed by atoms with van der Waals surface area (Å²) >= 11 is 0.285. The van der Waals surface area contributed by atoms with Crippen molar-refractivity contribution in [1.82, 2.24) is 14.6 Å². The van der Waals surface area contributed by atoms with Crippen LogP contribution in [0.25, 0.3) is 0 Å². The van der Waals surface area contributed by atoms with Gasteiger partial charge in [-0.15, -0.1) is 0 Å². The van der Waals surface area contributed by atoms with Gasteiger partial charge in [0.05, 0.1) is 23.1 Å². The molecule has 0 spiro atoms. The molecular weight excluding hydrogens is 376 g/mol. The lowest BCUT2D eigenvalue weighted by Crippen LogP contribution is -2.29. The first-order valence-electron chi connectivity index (χ1n) is 6.46. The molecule has 25 heavy (non-hydrogen) atoms. The third-order valence-electron chi connectivity index (χ3n) is 2.81. The molecule has 0 N–H and O–H groups in total. The Morgan fingerprint density at radius 3 is 2.76 bits per heavy atom. The summed E-state index contributed by atoms with van der Waals surface area (Å²) in [4.78, 5) is 45.7. The molecule has 1 aromatic rings. The summed E-state index contributed by atoms with van der Waals surface area (Å²) in [6.45, 7) is 1.33. The van der Waals surface area contributed by atoms with E-state index in [0.29, 0.717) is 4.31 Å². The first-order valence-corrected chi connectivity index (χ1v) is 7.15. The van der Waals surface area contributed by atoms with Crippen LogP contribution in [0.2, 0.25) is 0 Å². The molecule has 2 amide bonds. The Balaban J connectivity index is 0.00000312. The van der Waals surface area contributed by atoms with Crippen molar-refractivity contribution in [2.75, 3.05) is 0 Å². The van der Waals surface area contributed by atoms with Crippen molar-refractivity contribution in [3.63, 3.8) is 0 Å². The van der Waals surface area contributed by atoms with Gasteiger partial charge < -0.3 is 4.18 Å². The summed E-state index contributed by atoms with van der Waals surface area (Å²) in [5.41, 5.74) is -0.665. The van der Waals surface area contributed by atoms with Gasteiger partial charge in [-0.1, -0.05) is 5.16 Å². The van der Waals surface area contributed by atoms with E-state index in [2.05, 4.69) is 19.1 Å². The molecule has 2 rings (SSSR count). The predicted octanol–water partition coefficient (Wildman–Crippen LogP) is 1.39. The molecule has 0 radical (unpaired) electrons. The number of nitro groups is 1. The number of aromatic nitrogens is 2. The van der Waals surface area contributed by atoms with Crippen molar-refractivity contribution in [3.05, 3.63) is 39.7 Å². The third-order valence-corrected chi connectivity index (χ3v) is 3.59. The molecule has 1 aliphatic rings. The zero-order valence-electron chi connectivity index (χ0n) is 12.7. The lowest BCUT2D eigenvalue weighted by Gasteiger charge is -2.13. The second-order valence-corrected chi connectivity index (χ2v) is 5.13. The molecule has 0 unspecified atom stereocenters. The Hall–Kier alpha value is -2.67. The topological polar surface area (TPSA) is 146 Å². The molecular formula is C12H12N4O7S2. The molecule has 1 fully saturated rings. The van der Waals surface area contributed by atoms with Gasteiger partial charge in [0.25, 0.3) is 11.6 Å². The average molecular weight is 388 g/mol. The molecule has 1 saturated heterocycles. The van der Waals surface area contributed by atoms with E-state index in [1.54, 1.807) is 0 Å². The summed E-state index contributed by atoms with van der Waals surface area (Å²) in [6, 6.07) is 2.13. The van der Waals surface area contributed by atoms with E-state index >= 15 is 0 Å². The maximum atomic E-state index is 12.4. The molecule has 0 atom stereocenters. The molecule has 13 heteroatoms. The predicted molar refractivity (Wildman–Crippen MR) is 87.8 cm³/mol. The van der Waals surface area contributed by atoms with Gasteiger partial charge in [-0.3, -0.25) is 24.5 Å². The zero-order chi connectivity index (χ0) is 17.7. The van der Waals surface area contributed by atoms with Crippen LogP contribution in [0.3, 0.4) is 0 Å². The lowest BCUT2D eigenvalue weighted by molar-refractivity contribution is -0.385. The second kappa shape index (κ2) is 8.98. The number of aryl methyl sites for hydroxylation is 1. The standard InChI is InChI=1S/C12H10N4O7S.H2S/c1-7-9(16(20)21)3-2-8(6-13-23-14-7)12(19)15-10(17)4-5-11(18)22-24-15;/h2-3,6H,4-5H2,1H3;1H2. The van der Waals surface area contributed by atoms with Crippen molar-refractivity contribution in [2.24, 2.45) is 0 Å². The van der Waals surface area contributed by atoms with Crippen molar-refractivity contribution < 1.29 is 28.1 Å². The summed E-state index contributed by atoms with van der Waals surface area (Å²) < 4.78 is 9.81. The molecule has 0 aromatic carbocycles. The van der Waals surface area contributed by atoms with Crippen molar-refractivity contribution in [1.29, 1.82) is 0 Å². The molecule has 0 saturated carbocycles. The highest BCUT2D eigenvalue weighted by Gasteiger charge is 2.30. The number of hydrogen-bond acceptors (Lipinski definition) is 10. The van der Waals surface area contributed by atoms with Gasteiger partial charge in [0.15, 0.2) is 17.9 Å². The SMILES string of the molecule is Cc1noncc(C(=O)N2SOC(=O)CCC2=O)ccc1[N+](=O)[O-].S. The van der Waals surface area contributed by atoms with E-state index in [4.69, 9.17) is 0 Å². The fraction of sp³-hybridized carbons (Fsp3) is 0.250. The lowest BCUT2D eigenvalue weighted by atomic mass is 10.2. The molecule has 1 aliphatic heterocycles. The average Bonchev–Trinajstić information content (AvgIpc) is 2.63. The smallest absolute Gasteiger partial charge is 0.320 e. The Bertz CT molecular complexity index is 766. The highest BCUT2D eigenvalue weighted by molar-refractivity contribution is 7.93. The van der Waals surface area contributed by atoms with E-state index in [9.17, 15) is 24.5 Å². The van der Waals surface area contributed by atoms with Gasteiger partial charge >= 0.3 is 5.97 Å². The van der Waals surface area contributed by atoms with Crippen LogP contribution in [0.1, 0.15) is 28.9 Å². The normalized spacial score (nSPS) is 13.9. The van der Waals surface area contributed by atoms with Crippen molar-refractivity contribution >= 4 is 49.2 Å². The van der Waals surface area contributed by atoms with E-state index in [0.717, 1.165) is 18.3 Å². The fourth-order valence-electron chi connectivity index (χ4n) is 1.60. The number of imide groups is 1. The van der Waals surface area contributed by atoms with Gasteiger partial charge in [0.1, 0.15) is 0 Å². The molecule has 0 aliphatic carbocycles. The third kappa shape index (κ3) is 5.15. The zero-order valence-corrected chi connectivity index (χ0v) is 14.5. The number of carbonyl (C=O) groups excluding carboxylic acids is 3. The first-order chi connectivity index (χ1) is 11.4. The number of amides is 2. The van der Waals surface area contributed by atoms with E-state index in [1.165, 1.54) is 6.92 Å². The summed E-state index contributed by atoms with van der Waals surface area (Å²) in [7, 11) is 0. The maximum Gasteiger partial charge on any atom is 0.320 e. The molecule has 0 bridgehead atoms. The number of nitrogens with zero attached hydrogens (tertiary/aromatic N) is 4. The Kier molecular flexibility index (Phi) is 7.32. The van der Waals surface area contributed by atoms with Gasteiger partial charge in [-0.2, -0.15) is 17.8 Å². The van der Waals surface area contributed by atoms with Crippen molar-refractivity contribution in [2.45, 2.75) is 19.8 Å². The number of hydrogen-bond donors (Lipinski definition) is 0. The first kappa shape index (κ1) is 20.4. The van der Waals surface area contributed by atoms with E-state index in [-0.39, 0.29) is 49.8 Å². The molecule has 2 heterocycles. The van der Waals surface area contributed by atoms with Crippen LogP contribution in [-0.2, 0) is 13.8 Å². The highest BCUT2D eigenvalue weighted by Crippen LogP contribution is 2.22. The molecule has 1 aromatic heterocycles. The summed E-state index contributed by atoms with van der Waals surface area (Å²) in [6.07, 6.45) is 0.597. The monoisotopic (exact) mass is 388 g/mol. The van der Waals surface area contributed by atoms with Gasteiger partial charge in [-0.05, 0) is 18.1 Å². The Labute approximate surface area is 151 Å². The largest absolute Gasteiger partial charge is 0.369 e. The maximum absolute atomic E-state index is 12.4. The minimum absolute atomic E-state index is 0. The minimum Gasteiger partial charge on any atom is -0.369 e.